The first kappa shape index (κ1) is 20.2. The molecule has 0 radical (unpaired) electrons. The lowest BCUT2D eigenvalue weighted by atomic mass is 9.85. The van der Waals surface area contributed by atoms with Crippen LogP contribution in [0, 0.1) is 6.92 Å². The fourth-order valence-electron chi connectivity index (χ4n) is 4.47. The van der Waals surface area contributed by atoms with Gasteiger partial charge in [-0.05, 0) is 51.7 Å². The third-order valence-electron chi connectivity index (χ3n) is 5.62. The van der Waals surface area contributed by atoms with Crippen molar-refractivity contribution >= 4 is 40.8 Å². The highest BCUT2D eigenvalue weighted by molar-refractivity contribution is 7.99. The molecule has 2 aromatic rings. The first-order chi connectivity index (χ1) is 13.3. The van der Waals surface area contributed by atoms with Crippen LogP contribution in [-0.4, -0.2) is 32.7 Å². The zero-order valence-corrected chi connectivity index (χ0v) is 18.3. The minimum absolute atomic E-state index is 0.136. The molecule has 2 fully saturated rings. The van der Waals surface area contributed by atoms with E-state index in [0.29, 0.717) is 27.8 Å². The molecule has 150 valence electrons. The third kappa shape index (κ3) is 3.73. The normalized spacial score (nSPS) is 26.7. The number of hydrogen-bond donors (Lipinski definition) is 2. The molecule has 0 saturated carbocycles. The van der Waals surface area contributed by atoms with Crippen molar-refractivity contribution in [2.45, 2.75) is 73.7 Å². The number of aliphatic hydroxyl groups is 1. The Morgan fingerprint density at radius 2 is 1.93 bits per heavy atom. The highest BCUT2D eigenvalue weighted by Crippen LogP contribution is 2.44. The summed E-state index contributed by atoms with van der Waals surface area (Å²) >= 11 is 13.9. The van der Waals surface area contributed by atoms with Crippen LogP contribution in [0.15, 0.2) is 28.1 Å². The predicted octanol–water partition coefficient (Wildman–Crippen LogP) is 4.58. The van der Waals surface area contributed by atoms with E-state index < -0.39 is 0 Å². The average molecular weight is 439 g/mol. The number of halogens is 2. The van der Waals surface area contributed by atoms with Crippen LogP contribution in [0.2, 0.25) is 10.0 Å². The second-order valence-corrected chi connectivity index (χ2v) is 9.87. The molecule has 1 aromatic carbocycles. The predicted molar refractivity (Wildman–Crippen MR) is 114 cm³/mol. The van der Waals surface area contributed by atoms with Crippen LogP contribution in [0.1, 0.15) is 44.0 Å². The lowest BCUT2D eigenvalue weighted by Gasteiger charge is -2.44. The van der Waals surface area contributed by atoms with E-state index in [1.165, 1.54) is 11.8 Å². The number of aromatic nitrogens is 2. The van der Waals surface area contributed by atoms with Gasteiger partial charge >= 0.3 is 0 Å². The van der Waals surface area contributed by atoms with E-state index in [9.17, 15) is 5.11 Å². The number of aryl methyl sites for hydroxylation is 1. The van der Waals surface area contributed by atoms with Crippen LogP contribution in [0.4, 0.5) is 5.82 Å². The largest absolute Gasteiger partial charge is 0.390 e. The Morgan fingerprint density at radius 3 is 2.57 bits per heavy atom. The summed E-state index contributed by atoms with van der Waals surface area (Å²) < 4.78 is 0. The summed E-state index contributed by atoms with van der Waals surface area (Å²) in [6.07, 6.45) is 4.09. The van der Waals surface area contributed by atoms with Gasteiger partial charge in [0.05, 0.1) is 22.3 Å². The fraction of sp³-hybridized carbons (Fsp3) is 0.500. The van der Waals surface area contributed by atoms with E-state index in [4.69, 9.17) is 38.9 Å². The Kier molecular flexibility index (Phi) is 5.53. The first-order valence-electron chi connectivity index (χ1n) is 9.46. The van der Waals surface area contributed by atoms with Crippen molar-refractivity contribution in [2.24, 2.45) is 5.73 Å². The van der Waals surface area contributed by atoms with Gasteiger partial charge in [-0.15, -0.1) is 0 Å². The maximum Gasteiger partial charge on any atom is 0.153 e. The van der Waals surface area contributed by atoms with Gasteiger partial charge in [-0.1, -0.05) is 41.0 Å². The molecule has 0 aliphatic carbocycles. The van der Waals surface area contributed by atoms with Crippen molar-refractivity contribution in [2.75, 3.05) is 4.90 Å². The number of piperidine rings is 1. The smallest absolute Gasteiger partial charge is 0.153 e. The molecule has 4 rings (SSSR count). The Balaban J connectivity index is 1.68. The molecule has 0 amide bonds. The van der Waals surface area contributed by atoms with Gasteiger partial charge < -0.3 is 15.7 Å². The maximum absolute atomic E-state index is 10.0. The van der Waals surface area contributed by atoms with Crippen molar-refractivity contribution in [3.8, 4) is 0 Å². The molecule has 28 heavy (non-hydrogen) atoms. The van der Waals surface area contributed by atoms with E-state index in [2.05, 4.69) is 11.8 Å². The molecule has 8 heteroatoms. The summed E-state index contributed by atoms with van der Waals surface area (Å²) in [5.74, 6) is 0.796. The second-order valence-electron chi connectivity index (χ2n) is 8.05. The molecule has 5 nitrogen and oxygen atoms in total. The molecule has 2 unspecified atom stereocenters. The van der Waals surface area contributed by atoms with Crippen LogP contribution in [-0.2, 0) is 6.61 Å². The van der Waals surface area contributed by atoms with Gasteiger partial charge in [0, 0.05) is 22.5 Å². The van der Waals surface area contributed by atoms with Gasteiger partial charge in [-0.2, -0.15) is 0 Å². The molecular weight excluding hydrogens is 415 g/mol. The number of anilines is 1. The van der Waals surface area contributed by atoms with Crippen molar-refractivity contribution < 1.29 is 5.11 Å². The minimum atomic E-state index is -0.157. The van der Waals surface area contributed by atoms with Crippen molar-refractivity contribution in [1.29, 1.82) is 0 Å². The van der Waals surface area contributed by atoms with Crippen LogP contribution < -0.4 is 10.6 Å². The zero-order chi connectivity index (χ0) is 20.1. The number of fused-ring (bicyclic) bond motifs is 2. The summed E-state index contributed by atoms with van der Waals surface area (Å²) in [4.78, 5) is 12.8. The first-order valence-corrected chi connectivity index (χ1v) is 11.0. The zero-order valence-electron chi connectivity index (χ0n) is 16.0. The maximum atomic E-state index is 10.0. The van der Waals surface area contributed by atoms with Crippen molar-refractivity contribution in [3.05, 3.63) is 39.6 Å². The van der Waals surface area contributed by atoms with E-state index >= 15 is 0 Å². The monoisotopic (exact) mass is 438 g/mol. The van der Waals surface area contributed by atoms with E-state index in [-0.39, 0.29) is 12.1 Å². The Morgan fingerprint density at radius 1 is 1.25 bits per heavy atom. The van der Waals surface area contributed by atoms with Gasteiger partial charge in [0.15, 0.2) is 5.82 Å². The molecule has 0 spiro atoms. The molecular formula is C20H24Cl2N4OS. The number of rotatable bonds is 4. The van der Waals surface area contributed by atoms with Crippen LogP contribution in [0.25, 0.3) is 0 Å². The van der Waals surface area contributed by atoms with Gasteiger partial charge in [-0.25, -0.2) is 9.97 Å². The summed E-state index contributed by atoms with van der Waals surface area (Å²) in [7, 11) is 0. The lowest BCUT2D eigenvalue weighted by molar-refractivity contribution is 0.271. The quantitative estimate of drug-likeness (QED) is 0.726. The highest BCUT2D eigenvalue weighted by Gasteiger charge is 2.45. The van der Waals surface area contributed by atoms with Gasteiger partial charge in [0.25, 0.3) is 0 Å². The molecule has 2 aliphatic rings. The van der Waals surface area contributed by atoms with Gasteiger partial charge in [-0.3, -0.25) is 0 Å². The van der Waals surface area contributed by atoms with Crippen LogP contribution in [0.3, 0.4) is 0 Å². The number of benzene rings is 1. The summed E-state index contributed by atoms with van der Waals surface area (Å²) in [6, 6.07) is 6.23. The molecule has 2 saturated heterocycles. The Bertz CT molecular complexity index is 892. The Labute approximate surface area is 179 Å². The number of hydrogen-bond acceptors (Lipinski definition) is 6. The van der Waals surface area contributed by atoms with E-state index in [1.807, 2.05) is 19.1 Å². The molecule has 2 bridgehead atoms. The van der Waals surface area contributed by atoms with Crippen molar-refractivity contribution in [3.63, 3.8) is 0 Å². The number of nitrogens with zero attached hydrogens (tertiary/aromatic N) is 3. The topological polar surface area (TPSA) is 75.3 Å². The lowest BCUT2D eigenvalue weighted by Crippen LogP contribution is -2.54. The molecule has 3 N–H and O–H groups in total. The van der Waals surface area contributed by atoms with Gasteiger partial charge in [0.2, 0.25) is 0 Å². The molecule has 1 aromatic heterocycles. The number of nitrogens with two attached hydrogens (primary N) is 1. The highest BCUT2D eigenvalue weighted by atomic mass is 35.5. The molecule has 2 aliphatic heterocycles. The van der Waals surface area contributed by atoms with Gasteiger partial charge in [0.1, 0.15) is 10.7 Å². The van der Waals surface area contributed by atoms with E-state index in [0.717, 1.165) is 47.1 Å². The third-order valence-corrected chi connectivity index (χ3v) is 7.69. The summed E-state index contributed by atoms with van der Waals surface area (Å²) in [5, 5.41) is 11.7. The average Bonchev–Trinajstić information content (AvgIpc) is 2.92. The second kappa shape index (κ2) is 7.65. The molecule has 3 heterocycles. The van der Waals surface area contributed by atoms with E-state index in [1.54, 1.807) is 6.07 Å². The minimum Gasteiger partial charge on any atom is -0.390 e. The number of aliphatic hydroxyl groups excluding tert-OH is 1. The summed E-state index contributed by atoms with van der Waals surface area (Å²) in [6.45, 7) is 3.92. The standard InChI is InChI=1S/C20H24Cl2N4OS/c1-11-19(28-16-5-3-4-14(21)17(16)22)25-15(10-27)18(24-11)26-12-6-7-13(26)9-20(2,23)8-12/h3-5,12-13,27H,6-10,23H2,1-2H3. The fourth-order valence-corrected chi connectivity index (χ4v) is 5.84. The summed E-state index contributed by atoms with van der Waals surface area (Å²) in [5.41, 5.74) is 7.72. The van der Waals surface area contributed by atoms with Crippen LogP contribution >= 0.6 is 35.0 Å². The SMILES string of the molecule is Cc1nc(N2C3CCC2CC(C)(N)C3)c(CO)nc1Sc1cccc(Cl)c1Cl. The van der Waals surface area contributed by atoms with Crippen molar-refractivity contribution in [1.82, 2.24) is 9.97 Å². The Hall–Kier alpha value is -1.05. The molecule has 2 atom stereocenters. The van der Waals surface area contributed by atoms with Crippen LogP contribution in [0.5, 0.6) is 0 Å².